The van der Waals surface area contributed by atoms with E-state index in [9.17, 15) is 4.79 Å². The minimum atomic E-state index is -0.443. The molecule has 2 aromatic rings. The Morgan fingerprint density at radius 2 is 1.56 bits per heavy atom. The van der Waals surface area contributed by atoms with E-state index in [0.29, 0.717) is 11.4 Å². The Morgan fingerprint density at radius 1 is 1.04 bits per heavy atom. The Balaban J connectivity index is 2.05. The molecular formula is C23H28N2O2. The van der Waals surface area contributed by atoms with Gasteiger partial charge in [-0.25, -0.2) is 14.8 Å². The van der Waals surface area contributed by atoms with Crippen molar-refractivity contribution in [2.75, 3.05) is 7.11 Å². The molecule has 0 amide bonds. The van der Waals surface area contributed by atoms with Crippen molar-refractivity contribution in [3.8, 4) is 0 Å². The fraction of sp³-hybridized carbons (Fsp3) is 0.435. The summed E-state index contributed by atoms with van der Waals surface area (Å²) in [5.41, 5.74) is 6.44. The summed E-state index contributed by atoms with van der Waals surface area (Å²) in [6, 6.07) is 4.57. The van der Waals surface area contributed by atoms with Gasteiger partial charge in [-0.3, -0.25) is 0 Å². The van der Waals surface area contributed by atoms with Crippen molar-refractivity contribution in [2.24, 2.45) is 0 Å². The molecule has 1 aromatic heterocycles. The van der Waals surface area contributed by atoms with E-state index < -0.39 is 5.97 Å². The maximum absolute atomic E-state index is 11.6. The van der Waals surface area contributed by atoms with E-state index in [1.54, 1.807) is 0 Å². The van der Waals surface area contributed by atoms with Gasteiger partial charge in [-0.2, -0.15) is 0 Å². The van der Waals surface area contributed by atoms with E-state index in [2.05, 4.69) is 63.3 Å². The van der Waals surface area contributed by atoms with Crippen molar-refractivity contribution in [3.63, 3.8) is 0 Å². The largest absolute Gasteiger partial charge is 0.465 e. The number of carbonyl (C=O) groups excluding carboxylic acids is 1. The fourth-order valence-corrected chi connectivity index (χ4v) is 3.87. The molecule has 0 atom stereocenters. The van der Waals surface area contributed by atoms with Gasteiger partial charge in [0, 0.05) is 18.0 Å². The van der Waals surface area contributed by atoms with Crippen LogP contribution in [0.25, 0.3) is 5.57 Å². The van der Waals surface area contributed by atoms with Gasteiger partial charge in [0.25, 0.3) is 0 Å². The van der Waals surface area contributed by atoms with Crippen molar-refractivity contribution >= 4 is 11.5 Å². The summed E-state index contributed by atoms with van der Waals surface area (Å²) >= 11 is 0. The Hall–Kier alpha value is -2.49. The SMILES string of the molecule is C=C(c1ncc(C(=O)OC)cn1)c1cc2c(cc1C)C(C)(C)CCC2(C)C. The van der Waals surface area contributed by atoms with Crippen LogP contribution in [0.4, 0.5) is 0 Å². The van der Waals surface area contributed by atoms with Crippen LogP contribution < -0.4 is 0 Å². The second-order valence-corrected chi connectivity index (χ2v) is 8.75. The molecule has 1 heterocycles. The van der Waals surface area contributed by atoms with Crippen LogP contribution in [0.5, 0.6) is 0 Å². The molecule has 1 aliphatic carbocycles. The second kappa shape index (κ2) is 6.59. The minimum Gasteiger partial charge on any atom is -0.465 e. The van der Waals surface area contributed by atoms with Gasteiger partial charge in [-0.05, 0) is 58.9 Å². The first-order chi connectivity index (χ1) is 12.6. The zero-order chi connectivity index (χ0) is 20.0. The molecule has 4 heteroatoms. The van der Waals surface area contributed by atoms with E-state index in [4.69, 9.17) is 4.74 Å². The molecule has 0 aliphatic heterocycles. The molecule has 0 radical (unpaired) electrons. The molecule has 0 fully saturated rings. The predicted octanol–water partition coefficient (Wildman–Crippen LogP) is 4.98. The number of hydrogen-bond acceptors (Lipinski definition) is 4. The van der Waals surface area contributed by atoms with Crippen LogP contribution in [-0.2, 0) is 15.6 Å². The topological polar surface area (TPSA) is 52.1 Å². The molecule has 4 nitrogen and oxygen atoms in total. The number of hydrogen-bond donors (Lipinski definition) is 0. The quantitative estimate of drug-likeness (QED) is 0.721. The lowest BCUT2D eigenvalue weighted by molar-refractivity contribution is 0.0599. The van der Waals surface area contributed by atoms with Crippen molar-refractivity contribution in [1.29, 1.82) is 0 Å². The Labute approximate surface area is 161 Å². The third-order valence-corrected chi connectivity index (χ3v) is 5.87. The Bertz CT molecular complexity index is 909. The molecule has 0 saturated heterocycles. The highest BCUT2D eigenvalue weighted by atomic mass is 16.5. The lowest BCUT2D eigenvalue weighted by atomic mass is 9.62. The van der Waals surface area contributed by atoms with Gasteiger partial charge in [-0.15, -0.1) is 0 Å². The summed E-state index contributed by atoms with van der Waals surface area (Å²) in [5, 5.41) is 0. The lowest BCUT2D eigenvalue weighted by Crippen LogP contribution is -2.34. The summed E-state index contributed by atoms with van der Waals surface area (Å²) in [5.74, 6) is 0.0830. The van der Waals surface area contributed by atoms with E-state index in [0.717, 1.165) is 17.6 Å². The molecule has 0 unspecified atom stereocenters. The molecule has 3 rings (SSSR count). The van der Waals surface area contributed by atoms with E-state index in [-0.39, 0.29) is 10.8 Å². The summed E-state index contributed by atoms with van der Waals surface area (Å²) < 4.78 is 4.70. The van der Waals surface area contributed by atoms with Crippen molar-refractivity contribution < 1.29 is 9.53 Å². The molecule has 1 aliphatic rings. The van der Waals surface area contributed by atoms with Crippen LogP contribution in [-0.4, -0.2) is 23.0 Å². The Morgan fingerprint density at radius 3 is 2.07 bits per heavy atom. The normalized spacial score (nSPS) is 17.1. The summed E-state index contributed by atoms with van der Waals surface area (Å²) in [6.45, 7) is 15.6. The average Bonchev–Trinajstić information content (AvgIpc) is 2.64. The number of fused-ring (bicyclic) bond motifs is 1. The number of benzene rings is 1. The van der Waals surface area contributed by atoms with Crippen LogP contribution in [0.3, 0.4) is 0 Å². The second-order valence-electron chi connectivity index (χ2n) is 8.75. The first-order valence-corrected chi connectivity index (χ1v) is 9.32. The van der Waals surface area contributed by atoms with Crippen LogP contribution in [0.2, 0.25) is 0 Å². The maximum atomic E-state index is 11.6. The van der Waals surface area contributed by atoms with Gasteiger partial charge < -0.3 is 4.74 Å². The number of esters is 1. The molecule has 0 saturated carbocycles. The smallest absolute Gasteiger partial charge is 0.341 e. The first-order valence-electron chi connectivity index (χ1n) is 9.32. The van der Waals surface area contributed by atoms with Crippen molar-refractivity contribution in [2.45, 2.75) is 58.3 Å². The van der Waals surface area contributed by atoms with Crippen LogP contribution in [0, 0.1) is 6.92 Å². The van der Waals surface area contributed by atoms with Gasteiger partial charge in [0.1, 0.15) is 0 Å². The van der Waals surface area contributed by atoms with Gasteiger partial charge >= 0.3 is 5.97 Å². The highest BCUT2D eigenvalue weighted by Gasteiger charge is 2.37. The number of aromatic nitrogens is 2. The summed E-state index contributed by atoms with van der Waals surface area (Å²) in [7, 11) is 1.34. The fourth-order valence-electron chi connectivity index (χ4n) is 3.87. The van der Waals surface area contributed by atoms with E-state index in [1.165, 1.54) is 42.6 Å². The van der Waals surface area contributed by atoms with Crippen LogP contribution in [0.15, 0.2) is 31.1 Å². The highest BCUT2D eigenvalue weighted by Crippen LogP contribution is 2.47. The number of nitrogens with zero attached hydrogens (tertiary/aromatic N) is 2. The lowest BCUT2D eigenvalue weighted by Gasteiger charge is -2.42. The third-order valence-electron chi connectivity index (χ3n) is 5.87. The third kappa shape index (κ3) is 3.41. The number of methoxy groups -OCH3 is 1. The van der Waals surface area contributed by atoms with Crippen LogP contribution in [0.1, 0.15) is 79.0 Å². The van der Waals surface area contributed by atoms with Gasteiger partial charge in [0.2, 0.25) is 0 Å². The molecule has 27 heavy (non-hydrogen) atoms. The average molecular weight is 364 g/mol. The van der Waals surface area contributed by atoms with Crippen LogP contribution >= 0.6 is 0 Å². The van der Waals surface area contributed by atoms with E-state index in [1.807, 2.05) is 0 Å². The summed E-state index contributed by atoms with van der Waals surface area (Å²) in [6.07, 6.45) is 5.32. The van der Waals surface area contributed by atoms with Gasteiger partial charge in [0.15, 0.2) is 5.82 Å². The summed E-state index contributed by atoms with van der Waals surface area (Å²) in [4.78, 5) is 20.2. The molecule has 0 N–H and O–H groups in total. The number of ether oxygens (including phenoxy) is 1. The molecule has 1 aromatic carbocycles. The zero-order valence-electron chi connectivity index (χ0n) is 17.1. The monoisotopic (exact) mass is 364 g/mol. The van der Waals surface area contributed by atoms with E-state index >= 15 is 0 Å². The van der Waals surface area contributed by atoms with Gasteiger partial charge in [0.05, 0.1) is 12.7 Å². The number of rotatable bonds is 3. The zero-order valence-corrected chi connectivity index (χ0v) is 17.1. The van der Waals surface area contributed by atoms with Crippen molar-refractivity contribution in [1.82, 2.24) is 9.97 Å². The molecule has 142 valence electrons. The highest BCUT2D eigenvalue weighted by molar-refractivity contribution is 5.88. The van der Waals surface area contributed by atoms with Crippen molar-refractivity contribution in [3.05, 3.63) is 64.7 Å². The molecular weight excluding hydrogens is 336 g/mol. The molecule has 0 bridgehead atoms. The van der Waals surface area contributed by atoms with Gasteiger partial charge in [-0.1, -0.05) is 40.3 Å². The minimum absolute atomic E-state index is 0.128. The molecule has 0 spiro atoms. The maximum Gasteiger partial charge on any atom is 0.341 e. The standard InChI is InChI=1S/C23H28N2O2/c1-14-10-18-19(23(5,6)9-8-22(18,3)4)11-17(14)15(2)20-24-12-16(13-25-20)21(26)27-7/h10-13H,2,8-9H2,1,3-7H3. The Kier molecular flexibility index (Phi) is 4.71. The number of aryl methyl sites for hydroxylation is 1. The number of carbonyl (C=O) groups is 1. The predicted molar refractivity (Wildman–Crippen MR) is 108 cm³/mol. The first kappa shape index (κ1) is 19.3.